The van der Waals surface area contributed by atoms with Crippen molar-refractivity contribution >= 4 is 45.9 Å². The van der Waals surface area contributed by atoms with Crippen molar-refractivity contribution in [2.24, 2.45) is 4.99 Å². The highest BCUT2D eigenvalue weighted by molar-refractivity contribution is 14.0. The average Bonchev–Trinajstić information content (AvgIpc) is 2.69. The van der Waals surface area contributed by atoms with Crippen molar-refractivity contribution in [1.82, 2.24) is 20.0 Å². The average molecular weight is 566 g/mol. The van der Waals surface area contributed by atoms with Crippen molar-refractivity contribution < 1.29 is 0 Å². The Morgan fingerprint density at radius 2 is 1.79 bits per heavy atom. The maximum absolute atomic E-state index is 4.84. The van der Waals surface area contributed by atoms with Crippen molar-refractivity contribution in [2.75, 3.05) is 59.4 Å². The van der Waals surface area contributed by atoms with Gasteiger partial charge in [0.1, 0.15) is 0 Å². The molecule has 0 saturated carbocycles. The maximum atomic E-state index is 4.84. The number of unbranched alkanes of at least 4 members (excludes halogenated alkanes) is 1. The van der Waals surface area contributed by atoms with Gasteiger partial charge in [-0.1, -0.05) is 41.1 Å². The molecule has 1 aliphatic rings. The molecule has 1 heterocycles. The predicted molar refractivity (Wildman–Crippen MR) is 135 cm³/mol. The van der Waals surface area contributed by atoms with Gasteiger partial charge in [-0.15, -0.1) is 24.0 Å². The summed E-state index contributed by atoms with van der Waals surface area (Å²) in [4.78, 5) is 12.2. The highest BCUT2D eigenvalue weighted by Crippen LogP contribution is 2.17. The van der Waals surface area contributed by atoms with Gasteiger partial charge in [-0.25, -0.2) is 0 Å². The normalized spacial score (nSPS) is 15.9. The lowest BCUT2D eigenvalue weighted by atomic mass is 10.2. The largest absolute Gasteiger partial charge is 0.357 e. The minimum absolute atomic E-state index is 0. The summed E-state index contributed by atoms with van der Waals surface area (Å²) in [5, 5.41) is 3.42. The first-order chi connectivity index (χ1) is 13.1. The van der Waals surface area contributed by atoms with Crippen molar-refractivity contribution in [2.45, 2.75) is 33.2 Å². The summed E-state index contributed by atoms with van der Waals surface area (Å²) in [7, 11) is 2.11. The Balaban J connectivity index is 0.00000392. The molecular formula is C21H37BrIN5. The third-order valence-corrected chi connectivity index (χ3v) is 5.89. The van der Waals surface area contributed by atoms with Gasteiger partial charge in [0.25, 0.3) is 0 Å². The first kappa shape index (κ1) is 25.7. The number of aliphatic imine (C=N–C) groups is 1. The van der Waals surface area contributed by atoms with E-state index in [2.05, 4.69) is 81.1 Å². The summed E-state index contributed by atoms with van der Waals surface area (Å²) in [6, 6.07) is 8.38. The molecule has 1 fully saturated rings. The molecule has 1 aromatic rings. The number of hydrogen-bond donors (Lipinski definition) is 1. The second kappa shape index (κ2) is 14.6. The Labute approximate surface area is 197 Å². The van der Waals surface area contributed by atoms with Crippen molar-refractivity contribution in [3.8, 4) is 0 Å². The van der Waals surface area contributed by atoms with Crippen molar-refractivity contribution in [3.63, 3.8) is 0 Å². The lowest BCUT2D eigenvalue weighted by Gasteiger charge is -2.33. The molecule has 7 heteroatoms. The maximum Gasteiger partial charge on any atom is 0.193 e. The summed E-state index contributed by atoms with van der Waals surface area (Å²) in [5.41, 5.74) is 1.27. The number of benzene rings is 1. The number of nitrogens with zero attached hydrogens (tertiary/aromatic N) is 4. The quantitative estimate of drug-likeness (QED) is 0.213. The molecule has 1 aliphatic heterocycles. The lowest BCUT2D eigenvalue weighted by Crippen LogP contribution is -2.46. The van der Waals surface area contributed by atoms with E-state index in [1.54, 1.807) is 0 Å². The second-order valence-corrected chi connectivity index (χ2v) is 8.02. The van der Waals surface area contributed by atoms with Crippen LogP contribution in [0.25, 0.3) is 0 Å². The van der Waals surface area contributed by atoms with Gasteiger partial charge in [0.2, 0.25) is 0 Å². The van der Waals surface area contributed by atoms with Gasteiger partial charge in [-0.05, 0) is 44.5 Å². The van der Waals surface area contributed by atoms with Gasteiger partial charge in [-0.3, -0.25) is 4.99 Å². The standard InChI is InChI=1S/C21H36BrN5.HI/c1-4-23-21(25(3)18-19-10-6-7-11-20(19)22)24-12-8-9-13-27-16-14-26(5-2)15-17-27;/h6-7,10-11H,4-5,8-9,12-18H2,1-3H3,(H,23,24);1H. The number of hydrogen-bond acceptors (Lipinski definition) is 3. The van der Waals surface area contributed by atoms with E-state index < -0.39 is 0 Å². The minimum Gasteiger partial charge on any atom is -0.357 e. The van der Waals surface area contributed by atoms with Gasteiger partial charge >= 0.3 is 0 Å². The number of guanidine groups is 1. The van der Waals surface area contributed by atoms with Gasteiger partial charge in [0, 0.05) is 57.3 Å². The molecule has 0 bridgehead atoms. The first-order valence-corrected chi connectivity index (χ1v) is 11.1. The molecule has 160 valence electrons. The van der Waals surface area contributed by atoms with Crippen LogP contribution in [0.1, 0.15) is 32.3 Å². The Kier molecular flexibility index (Phi) is 13.4. The predicted octanol–water partition coefficient (Wildman–Crippen LogP) is 3.88. The van der Waals surface area contributed by atoms with E-state index in [0.717, 1.165) is 36.5 Å². The number of halogens is 2. The van der Waals surface area contributed by atoms with Crippen LogP contribution in [0.2, 0.25) is 0 Å². The van der Waals surface area contributed by atoms with Gasteiger partial charge in [0.05, 0.1) is 0 Å². The molecule has 0 unspecified atom stereocenters. The zero-order chi connectivity index (χ0) is 19.5. The van der Waals surface area contributed by atoms with Crippen LogP contribution >= 0.6 is 39.9 Å². The van der Waals surface area contributed by atoms with Gasteiger partial charge in [0.15, 0.2) is 5.96 Å². The van der Waals surface area contributed by atoms with E-state index in [1.807, 2.05) is 0 Å². The van der Waals surface area contributed by atoms with Crippen LogP contribution in [0.15, 0.2) is 33.7 Å². The highest BCUT2D eigenvalue weighted by atomic mass is 127. The van der Waals surface area contributed by atoms with Crippen LogP contribution in [0.5, 0.6) is 0 Å². The molecule has 28 heavy (non-hydrogen) atoms. The third-order valence-electron chi connectivity index (χ3n) is 5.12. The van der Waals surface area contributed by atoms with Crippen LogP contribution in [0.3, 0.4) is 0 Å². The van der Waals surface area contributed by atoms with E-state index in [1.165, 1.54) is 51.3 Å². The Bertz CT molecular complexity index is 576. The van der Waals surface area contributed by atoms with Crippen LogP contribution < -0.4 is 5.32 Å². The first-order valence-electron chi connectivity index (χ1n) is 10.3. The molecule has 5 nitrogen and oxygen atoms in total. The topological polar surface area (TPSA) is 34.1 Å². The van der Waals surface area contributed by atoms with Crippen LogP contribution in [-0.4, -0.2) is 80.1 Å². The van der Waals surface area contributed by atoms with E-state index in [-0.39, 0.29) is 24.0 Å². The summed E-state index contributed by atoms with van der Waals surface area (Å²) in [5.74, 6) is 0.991. The van der Waals surface area contributed by atoms with Gasteiger partial charge < -0.3 is 20.0 Å². The number of nitrogens with one attached hydrogen (secondary N) is 1. The Morgan fingerprint density at radius 3 is 2.43 bits per heavy atom. The second-order valence-electron chi connectivity index (χ2n) is 7.17. The molecule has 1 saturated heterocycles. The number of rotatable bonds is 9. The summed E-state index contributed by atoms with van der Waals surface area (Å²) < 4.78 is 1.15. The molecule has 0 aliphatic carbocycles. The van der Waals surface area contributed by atoms with E-state index in [0.29, 0.717) is 0 Å². The Hall–Kier alpha value is -0.380. The van der Waals surface area contributed by atoms with Crippen molar-refractivity contribution in [3.05, 3.63) is 34.3 Å². The number of likely N-dealkylation sites (N-methyl/N-ethyl adjacent to an activating group) is 1. The molecule has 0 amide bonds. The molecule has 1 N–H and O–H groups in total. The van der Waals surface area contributed by atoms with Crippen molar-refractivity contribution in [1.29, 1.82) is 0 Å². The van der Waals surface area contributed by atoms with Crippen LogP contribution in [0.4, 0.5) is 0 Å². The molecule has 0 aromatic heterocycles. The summed E-state index contributed by atoms with van der Waals surface area (Å²) in [6.45, 7) is 14.3. The number of piperazine rings is 1. The smallest absolute Gasteiger partial charge is 0.193 e. The van der Waals surface area contributed by atoms with Gasteiger partial charge in [-0.2, -0.15) is 0 Å². The molecule has 0 spiro atoms. The molecule has 0 radical (unpaired) electrons. The fourth-order valence-electron chi connectivity index (χ4n) is 3.39. The van der Waals surface area contributed by atoms with E-state index in [9.17, 15) is 0 Å². The fraction of sp³-hybridized carbons (Fsp3) is 0.667. The summed E-state index contributed by atoms with van der Waals surface area (Å²) in [6.07, 6.45) is 2.37. The fourth-order valence-corrected chi connectivity index (χ4v) is 3.80. The van der Waals surface area contributed by atoms with E-state index >= 15 is 0 Å². The van der Waals surface area contributed by atoms with E-state index in [4.69, 9.17) is 4.99 Å². The zero-order valence-corrected chi connectivity index (χ0v) is 21.6. The molecular weight excluding hydrogens is 529 g/mol. The molecule has 0 atom stereocenters. The Morgan fingerprint density at radius 1 is 1.11 bits per heavy atom. The zero-order valence-electron chi connectivity index (χ0n) is 17.7. The monoisotopic (exact) mass is 565 g/mol. The SMILES string of the molecule is CCNC(=NCCCCN1CCN(CC)CC1)N(C)Cc1ccccc1Br.I. The van der Waals surface area contributed by atoms with Crippen LogP contribution in [-0.2, 0) is 6.54 Å². The highest BCUT2D eigenvalue weighted by Gasteiger charge is 2.14. The minimum atomic E-state index is 0. The van der Waals surface area contributed by atoms with Crippen LogP contribution in [0, 0.1) is 0 Å². The molecule has 2 rings (SSSR count). The summed E-state index contributed by atoms with van der Waals surface area (Å²) >= 11 is 3.64. The third kappa shape index (κ3) is 8.97. The lowest BCUT2D eigenvalue weighted by molar-refractivity contribution is 0.136. The molecule has 1 aromatic carbocycles.